The maximum absolute atomic E-state index is 13.1. The zero-order valence-electron chi connectivity index (χ0n) is 19.7. The molecule has 1 aliphatic heterocycles. The number of fused-ring (bicyclic) bond motifs is 3. The first kappa shape index (κ1) is 21.8. The van der Waals surface area contributed by atoms with Gasteiger partial charge in [-0.3, -0.25) is 4.79 Å². The van der Waals surface area contributed by atoms with E-state index in [4.69, 9.17) is 9.15 Å². The molecule has 1 saturated heterocycles. The molecule has 1 fully saturated rings. The summed E-state index contributed by atoms with van der Waals surface area (Å²) < 4.78 is 11.8. The van der Waals surface area contributed by atoms with E-state index in [1.165, 1.54) is 29.4 Å². The second-order valence-electron chi connectivity index (χ2n) is 9.55. The summed E-state index contributed by atoms with van der Waals surface area (Å²) in [7, 11) is 1.68. The number of amides is 1. The molecular weight excluding hydrogens is 410 g/mol. The lowest BCUT2D eigenvalue weighted by atomic mass is 9.90. The van der Waals surface area contributed by atoms with Crippen molar-refractivity contribution >= 4 is 22.4 Å². The molecule has 0 unspecified atom stereocenters. The number of likely N-dealkylation sites (tertiary alicyclic amines) is 1. The summed E-state index contributed by atoms with van der Waals surface area (Å²) in [5.74, 6) is 2.63. The van der Waals surface area contributed by atoms with Crippen molar-refractivity contribution < 1.29 is 13.9 Å². The minimum Gasteiger partial charge on any atom is -0.496 e. The lowest BCUT2D eigenvalue weighted by Crippen LogP contribution is -2.38. The fourth-order valence-corrected chi connectivity index (χ4v) is 5.43. The number of nitrogens with zero attached hydrogens (tertiary/aromatic N) is 1. The molecule has 1 amide bonds. The smallest absolute Gasteiger partial charge is 0.246 e. The van der Waals surface area contributed by atoms with E-state index in [9.17, 15) is 4.79 Å². The predicted octanol–water partition coefficient (Wildman–Crippen LogP) is 6.20. The molecule has 5 rings (SSSR count). The molecule has 0 radical (unpaired) electrons. The van der Waals surface area contributed by atoms with Crippen LogP contribution in [-0.4, -0.2) is 31.0 Å². The summed E-state index contributed by atoms with van der Waals surface area (Å²) in [6, 6.07) is 14.8. The minimum atomic E-state index is 0.0991. The summed E-state index contributed by atoms with van der Waals surface area (Å²) in [5, 5.41) is 1.17. The number of carbonyl (C=O) groups is 1. The Morgan fingerprint density at radius 3 is 2.64 bits per heavy atom. The van der Waals surface area contributed by atoms with Gasteiger partial charge in [-0.1, -0.05) is 30.3 Å². The number of ether oxygens (including phenoxy) is 1. The van der Waals surface area contributed by atoms with E-state index < -0.39 is 0 Å². The fourth-order valence-electron chi connectivity index (χ4n) is 5.43. The Bertz CT molecular complexity index is 1170. The topological polar surface area (TPSA) is 42.7 Å². The highest BCUT2D eigenvalue weighted by molar-refractivity contribution is 5.97. The highest BCUT2D eigenvalue weighted by Crippen LogP contribution is 2.38. The first-order valence-electron chi connectivity index (χ1n) is 12.3. The van der Waals surface area contributed by atoms with Gasteiger partial charge >= 0.3 is 0 Å². The highest BCUT2D eigenvalue weighted by atomic mass is 16.5. The average Bonchev–Trinajstić information content (AvgIpc) is 3.21. The van der Waals surface area contributed by atoms with Crippen LogP contribution >= 0.6 is 0 Å². The van der Waals surface area contributed by atoms with Crippen molar-refractivity contribution in [1.82, 2.24) is 4.90 Å². The number of hydrogen-bond acceptors (Lipinski definition) is 3. The van der Waals surface area contributed by atoms with Gasteiger partial charge in [-0.15, -0.1) is 0 Å². The SMILES string of the molecule is COc1cc2oc3c(c2cc1/C(C)=C/C(=O)N1CCC(Cc2ccccc2)CC1)CCCC3. The molecule has 3 aromatic rings. The molecule has 4 nitrogen and oxygen atoms in total. The third-order valence-corrected chi connectivity index (χ3v) is 7.34. The Morgan fingerprint density at radius 1 is 1.12 bits per heavy atom. The standard InChI is InChI=1S/C29H33NO3/c1-20(16-29(31)30-14-12-22(13-15-30)17-21-8-4-3-5-9-21)24-18-25-23-10-6-7-11-26(23)33-28(25)19-27(24)32-2/h3-5,8-9,16,18-19,22H,6-7,10-15,17H2,1-2H3/b20-16+. The molecule has 1 aromatic heterocycles. The number of benzene rings is 2. The summed E-state index contributed by atoms with van der Waals surface area (Å²) in [6.07, 6.45) is 9.47. The molecule has 0 spiro atoms. The van der Waals surface area contributed by atoms with Crippen LogP contribution in [0.25, 0.3) is 16.5 Å². The van der Waals surface area contributed by atoms with Crippen LogP contribution in [0.4, 0.5) is 0 Å². The van der Waals surface area contributed by atoms with E-state index in [-0.39, 0.29) is 5.91 Å². The number of rotatable bonds is 5. The van der Waals surface area contributed by atoms with E-state index >= 15 is 0 Å². The van der Waals surface area contributed by atoms with Crippen molar-refractivity contribution in [3.63, 3.8) is 0 Å². The second kappa shape index (κ2) is 9.46. The van der Waals surface area contributed by atoms with Gasteiger partial charge in [0.2, 0.25) is 5.91 Å². The van der Waals surface area contributed by atoms with E-state index in [1.54, 1.807) is 13.2 Å². The summed E-state index contributed by atoms with van der Waals surface area (Å²) in [4.78, 5) is 15.1. The van der Waals surface area contributed by atoms with Crippen LogP contribution in [0.2, 0.25) is 0 Å². The van der Waals surface area contributed by atoms with Crippen molar-refractivity contribution in [3.8, 4) is 5.75 Å². The lowest BCUT2D eigenvalue weighted by molar-refractivity contribution is -0.127. The molecule has 33 heavy (non-hydrogen) atoms. The lowest BCUT2D eigenvalue weighted by Gasteiger charge is -2.31. The Kier molecular flexibility index (Phi) is 6.26. The van der Waals surface area contributed by atoms with Crippen LogP contribution in [0.1, 0.15) is 55.1 Å². The van der Waals surface area contributed by atoms with Crippen molar-refractivity contribution in [2.75, 3.05) is 20.2 Å². The zero-order valence-corrected chi connectivity index (χ0v) is 19.7. The summed E-state index contributed by atoms with van der Waals surface area (Å²) >= 11 is 0. The largest absolute Gasteiger partial charge is 0.496 e. The molecule has 0 saturated carbocycles. The number of carbonyl (C=O) groups excluding carboxylic acids is 1. The van der Waals surface area contributed by atoms with Crippen LogP contribution in [0, 0.1) is 5.92 Å². The van der Waals surface area contributed by atoms with Gasteiger partial charge in [0, 0.05) is 48.2 Å². The number of aryl methyl sites for hydroxylation is 2. The molecule has 0 atom stereocenters. The molecule has 0 N–H and O–H groups in total. The Labute approximate surface area is 196 Å². The second-order valence-corrected chi connectivity index (χ2v) is 9.55. The average molecular weight is 444 g/mol. The van der Waals surface area contributed by atoms with E-state index in [1.807, 2.05) is 17.9 Å². The van der Waals surface area contributed by atoms with Gasteiger partial charge in [0.15, 0.2) is 0 Å². The highest BCUT2D eigenvalue weighted by Gasteiger charge is 2.23. The number of allylic oxidation sites excluding steroid dienone is 1. The maximum Gasteiger partial charge on any atom is 0.246 e. The van der Waals surface area contributed by atoms with E-state index in [2.05, 4.69) is 36.4 Å². The first-order valence-corrected chi connectivity index (χ1v) is 12.3. The van der Waals surface area contributed by atoms with Crippen LogP contribution in [-0.2, 0) is 24.1 Å². The van der Waals surface area contributed by atoms with Gasteiger partial charge in [-0.05, 0) is 68.6 Å². The van der Waals surface area contributed by atoms with E-state index in [0.717, 1.165) is 73.4 Å². The van der Waals surface area contributed by atoms with Crippen LogP contribution in [0.3, 0.4) is 0 Å². The monoisotopic (exact) mass is 443 g/mol. The molecule has 2 heterocycles. The summed E-state index contributed by atoms with van der Waals surface area (Å²) in [5.41, 5.74) is 5.53. The first-order chi connectivity index (χ1) is 16.1. The summed E-state index contributed by atoms with van der Waals surface area (Å²) in [6.45, 7) is 3.66. The molecule has 2 aliphatic rings. The third kappa shape index (κ3) is 4.57. The van der Waals surface area contributed by atoms with Crippen molar-refractivity contribution in [1.29, 1.82) is 0 Å². The van der Waals surface area contributed by atoms with Gasteiger partial charge < -0.3 is 14.1 Å². The van der Waals surface area contributed by atoms with Gasteiger partial charge in [0.1, 0.15) is 17.1 Å². The number of furan rings is 1. The normalized spacial score (nSPS) is 17.3. The van der Waals surface area contributed by atoms with Crippen molar-refractivity contribution in [2.24, 2.45) is 5.92 Å². The minimum absolute atomic E-state index is 0.0991. The van der Waals surface area contributed by atoms with Crippen molar-refractivity contribution in [3.05, 3.63) is 71.0 Å². The number of hydrogen-bond donors (Lipinski definition) is 0. The molecule has 172 valence electrons. The van der Waals surface area contributed by atoms with Crippen LogP contribution in [0.5, 0.6) is 5.75 Å². The van der Waals surface area contributed by atoms with E-state index in [0.29, 0.717) is 5.92 Å². The van der Waals surface area contributed by atoms with Gasteiger partial charge in [-0.2, -0.15) is 0 Å². The zero-order chi connectivity index (χ0) is 22.8. The molecule has 0 bridgehead atoms. The van der Waals surface area contributed by atoms with Crippen molar-refractivity contribution in [2.45, 2.75) is 51.9 Å². The van der Waals surface area contributed by atoms with Gasteiger partial charge in [0.25, 0.3) is 0 Å². The molecule has 2 aromatic carbocycles. The van der Waals surface area contributed by atoms with Crippen LogP contribution < -0.4 is 4.74 Å². The number of methoxy groups -OCH3 is 1. The Balaban J connectivity index is 1.30. The Hall–Kier alpha value is -3.01. The molecule has 1 aliphatic carbocycles. The molecular formula is C29H33NO3. The van der Waals surface area contributed by atoms with Gasteiger partial charge in [-0.25, -0.2) is 0 Å². The quantitative estimate of drug-likeness (QED) is 0.441. The number of piperidine rings is 1. The molecule has 4 heteroatoms. The fraction of sp³-hybridized carbons (Fsp3) is 0.414. The maximum atomic E-state index is 13.1. The van der Waals surface area contributed by atoms with Gasteiger partial charge in [0.05, 0.1) is 7.11 Å². The third-order valence-electron chi connectivity index (χ3n) is 7.34. The predicted molar refractivity (Wildman–Crippen MR) is 133 cm³/mol. The van der Waals surface area contributed by atoms with Crippen LogP contribution in [0.15, 0.2) is 53.0 Å². The Morgan fingerprint density at radius 2 is 1.88 bits per heavy atom.